The maximum atomic E-state index is 12.2. The minimum atomic E-state index is -0.114. The summed E-state index contributed by atoms with van der Waals surface area (Å²) in [5.41, 5.74) is -0.114. The standard InChI is InChI=1S/C15H24O2/c1-15(10-11-7-8-13(15)9-11)17-14(16)12-5-3-2-4-6-12/h11-13H,2-10H2,1H3. The molecule has 0 spiro atoms. The van der Waals surface area contributed by atoms with Crippen LogP contribution < -0.4 is 0 Å². The number of fused-ring (bicyclic) bond motifs is 2. The van der Waals surface area contributed by atoms with E-state index in [1.165, 1.54) is 38.5 Å². The first kappa shape index (κ1) is 11.6. The third kappa shape index (κ3) is 2.11. The Kier molecular flexibility index (Phi) is 2.92. The predicted molar refractivity (Wildman–Crippen MR) is 66.5 cm³/mol. The van der Waals surface area contributed by atoms with Crippen LogP contribution in [0.3, 0.4) is 0 Å². The van der Waals surface area contributed by atoms with Crippen molar-refractivity contribution in [3.63, 3.8) is 0 Å². The first-order valence-electron chi connectivity index (χ1n) is 7.40. The Bertz CT molecular complexity index is 306. The van der Waals surface area contributed by atoms with E-state index in [9.17, 15) is 4.79 Å². The van der Waals surface area contributed by atoms with E-state index in [2.05, 4.69) is 6.92 Å². The molecule has 3 fully saturated rings. The minimum Gasteiger partial charge on any atom is -0.459 e. The van der Waals surface area contributed by atoms with Crippen molar-refractivity contribution in [2.45, 2.75) is 70.3 Å². The number of esters is 1. The van der Waals surface area contributed by atoms with Gasteiger partial charge < -0.3 is 4.74 Å². The summed E-state index contributed by atoms with van der Waals surface area (Å²) in [6, 6.07) is 0. The van der Waals surface area contributed by atoms with Crippen LogP contribution in [0.15, 0.2) is 0 Å². The molecule has 0 aromatic carbocycles. The first-order valence-corrected chi connectivity index (χ1v) is 7.40. The van der Waals surface area contributed by atoms with E-state index in [0.717, 1.165) is 25.2 Å². The fourth-order valence-electron chi connectivity index (χ4n) is 4.33. The van der Waals surface area contributed by atoms with E-state index < -0.39 is 0 Å². The highest BCUT2D eigenvalue weighted by Crippen LogP contribution is 2.52. The zero-order chi connectivity index (χ0) is 11.9. The molecule has 2 bridgehead atoms. The van der Waals surface area contributed by atoms with Gasteiger partial charge in [0.2, 0.25) is 0 Å². The second kappa shape index (κ2) is 4.29. The second-order valence-corrected chi connectivity index (χ2v) is 6.65. The molecule has 3 saturated carbocycles. The summed E-state index contributed by atoms with van der Waals surface area (Å²) < 4.78 is 5.93. The number of hydrogen-bond donors (Lipinski definition) is 0. The van der Waals surface area contributed by atoms with Crippen molar-refractivity contribution < 1.29 is 9.53 Å². The van der Waals surface area contributed by atoms with Gasteiger partial charge >= 0.3 is 5.97 Å². The van der Waals surface area contributed by atoms with Gasteiger partial charge in [-0.2, -0.15) is 0 Å². The summed E-state index contributed by atoms with van der Waals surface area (Å²) in [4.78, 5) is 12.2. The van der Waals surface area contributed by atoms with Crippen molar-refractivity contribution in [2.75, 3.05) is 0 Å². The number of rotatable bonds is 2. The van der Waals surface area contributed by atoms with Gasteiger partial charge in [0, 0.05) is 0 Å². The van der Waals surface area contributed by atoms with Gasteiger partial charge in [-0.3, -0.25) is 4.79 Å². The van der Waals surface area contributed by atoms with Gasteiger partial charge in [0.15, 0.2) is 0 Å². The van der Waals surface area contributed by atoms with Gasteiger partial charge in [0.1, 0.15) is 5.60 Å². The summed E-state index contributed by atoms with van der Waals surface area (Å²) >= 11 is 0. The van der Waals surface area contributed by atoms with E-state index in [1.54, 1.807) is 0 Å². The van der Waals surface area contributed by atoms with E-state index in [-0.39, 0.29) is 17.5 Å². The van der Waals surface area contributed by atoms with Crippen molar-refractivity contribution in [1.29, 1.82) is 0 Å². The zero-order valence-electron chi connectivity index (χ0n) is 10.9. The van der Waals surface area contributed by atoms with Crippen LogP contribution in [0.1, 0.15) is 64.7 Å². The number of hydrogen-bond acceptors (Lipinski definition) is 2. The van der Waals surface area contributed by atoms with Crippen molar-refractivity contribution in [1.82, 2.24) is 0 Å². The lowest BCUT2D eigenvalue weighted by atomic mass is 9.85. The average molecular weight is 236 g/mol. The molecule has 3 rings (SSSR count). The van der Waals surface area contributed by atoms with Crippen LogP contribution >= 0.6 is 0 Å². The molecule has 0 amide bonds. The molecular weight excluding hydrogens is 212 g/mol. The average Bonchev–Trinajstić information content (AvgIpc) is 2.89. The number of ether oxygens (including phenoxy) is 1. The fraction of sp³-hybridized carbons (Fsp3) is 0.933. The van der Waals surface area contributed by atoms with Crippen LogP contribution in [-0.4, -0.2) is 11.6 Å². The lowest BCUT2D eigenvalue weighted by molar-refractivity contribution is -0.169. The van der Waals surface area contributed by atoms with Crippen molar-refractivity contribution >= 4 is 5.97 Å². The summed E-state index contributed by atoms with van der Waals surface area (Å²) in [6.07, 6.45) is 10.9. The van der Waals surface area contributed by atoms with Crippen LogP contribution in [0.2, 0.25) is 0 Å². The molecule has 0 aromatic rings. The SMILES string of the molecule is CC1(OC(=O)C2CCCCC2)CC2CCC1C2. The molecule has 0 aliphatic heterocycles. The van der Waals surface area contributed by atoms with Crippen LogP contribution in [0.4, 0.5) is 0 Å². The monoisotopic (exact) mass is 236 g/mol. The molecule has 0 N–H and O–H groups in total. The molecule has 0 heterocycles. The summed E-state index contributed by atoms with van der Waals surface area (Å²) in [5.74, 6) is 1.81. The maximum absolute atomic E-state index is 12.2. The second-order valence-electron chi connectivity index (χ2n) is 6.65. The fourth-order valence-corrected chi connectivity index (χ4v) is 4.33. The lowest BCUT2D eigenvalue weighted by Crippen LogP contribution is -2.39. The Hall–Kier alpha value is -0.530. The van der Waals surface area contributed by atoms with Crippen LogP contribution in [0.25, 0.3) is 0 Å². The molecule has 17 heavy (non-hydrogen) atoms. The third-order valence-corrected chi connectivity index (χ3v) is 5.37. The number of carbonyl (C=O) groups is 1. The van der Waals surface area contributed by atoms with Gasteiger partial charge in [-0.15, -0.1) is 0 Å². The van der Waals surface area contributed by atoms with Crippen molar-refractivity contribution in [3.05, 3.63) is 0 Å². The van der Waals surface area contributed by atoms with Gasteiger partial charge in [0.05, 0.1) is 5.92 Å². The number of carbonyl (C=O) groups excluding carboxylic acids is 1. The molecule has 0 aromatic heterocycles. The molecular formula is C15H24O2. The third-order valence-electron chi connectivity index (χ3n) is 5.37. The molecule has 2 heteroatoms. The topological polar surface area (TPSA) is 26.3 Å². The quantitative estimate of drug-likeness (QED) is 0.683. The Morgan fingerprint density at radius 2 is 1.88 bits per heavy atom. The van der Waals surface area contributed by atoms with Crippen molar-refractivity contribution in [3.8, 4) is 0 Å². The molecule has 3 unspecified atom stereocenters. The molecule has 3 atom stereocenters. The Morgan fingerprint density at radius 1 is 1.12 bits per heavy atom. The van der Waals surface area contributed by atoms with Crippen LogP contribution in [0, 0.1) is 17.8 Å². The largest absolute Gasteiger partial charge is 0.459 e. The summed E-state index contributed by atoms with van der Waals surface area (Å²) in [7, 11) is 0. The molecule has 3 aliphatic rings. The molecule has 3 aliphatic carbocycles. The van der Waals surface area contributed by atoms with Gasteiger partial charge in [-0.25, -0.2) is 0 Å². The Balaban J connectivity index is 1.60. The lowest BCUT2D eigenvalue weighted by Gasteiger charge is -2.35. The van der Waals surface area contributed by atoms with E-state index in [0.29, 0.717) is 5.92 Å². The Morgan fingerprint density at radius 3 is 2.47 bits per heavy atom. The summed E-state index contributed by atoms with van der Waals surface area (Å²) in [5, 5.41) is 0. The van der Waals surface area contributed by atoms with Gasteiger partial charge in [0.25, 0.3) is 0 Å². The first-order chi connectivity index (χ1) is 8.17. The zero-order valence-corrected chi connectivity index (χ0v) is 10.9. The Labute approximate surface area is 104 Å². The van der Waals surface area contributed by atoms with Crippen LogP contribution in [0.5, 0.6) is 0 Å². The van der Waals surface area contributed by atoms with Crippen LogP contribution in [-0.2, 0) is 9.53 Å². The van der Waals surface area contributed by atoms with Gasteiger partial charge in [-0.05, 0) is 57.3 Å². The maximum Gasteiger partial charge on any atom is 0.309 e. The molecule has 0 radical (unpaired) electrons. The van der Waals surface area contributed by atoms with E-state index in [4.69, 9.17) is 4.74 Å². The van der Waals surface area contributed by atoms with E-state index >= 15 is 0 Å². The highest BCUT2D eigenvalue weighted by Gasteiger charge is 2.51. The van der Waals surface area contributed by atoms with Crippen molar-refractivity contribution in [2.24, 2.45) is 17.8 Å². The molecule has 0 saturated heterocycles. The summed E-state index contributed by atoms with van der Waals surface area (Å²) in [6.45, 7) is 2.18. The highest BCUT2D eigenvalue weighted by atomic mass is 16.6. The molecule has 96 valence electrons. The minimum absolute atomic E-state index is 0.111. The molecule has 2 nitrogen and oxygen atoms in total. The normalized spacial score (nSPS) is 41.7. The van der Waals surface area contributed by atoms with E-state index in [1.807, 2.05) is 0 Å². The smallest absolute Gasteiger partial charge is 0.309 e. The highest BCUT2D eigenvalue weighted by molar-refractivity contribution is 5.73. The van der Waals surface area contributed by atoms with Gasteiger partial charge in [-0.1, -0.05) is 19.3 Å². The predicted octanol–water partition coefficient (Wildman–Crippen LogP) is 3.69.